The Morgan fingerprint density at radius 3 is 2.12 bits per heavy atom. The zero-order valence-corrected chi connectivity index (χ0v) is 10.4. The highest BCUT2D eigenvalue weighted by Crippen LogP contribution is 2.14. The molecule has 3 nitrogen and oxygen atoms in total. The predicted octanol–water partition coefficient (Wildman–Crippen LogP) is 2.47. The van der Waals surface area contributed by atoms with Crippen molar-refractivity contribution in [2.45, 2.75) is 20.8 Å². The second-order valence-electron chi connectivity index (χ2n) is 4.66. The monoisotopic (exact) mass is 217 g/mol. The van der Waals surface area contributed by atoms with Gasteiger partial charge in [-0.15, -0.1) is 0 Å². The molecule has 0 saturated carbocycles. The van der Waals surface area contributed by atoms with Crippen molar-refractivity contribution in [2.75, 3.05) is 7.05 Å². The molecular weight excluding hydrogens is 198 g/mol. The van der Waals surface area contributed by atoms with Crippen LogP contribution in [0.15, 0.2) is 40.3 Å². The molecule has 0 fully saturated rings. The van der Waals surface area contributed by atoms with Gasteiger partial charge < -0.3 is 5.73 Å². The molecule has 0 heterocycles. The van der Waals surface area contributed by atoms with Gasteiger partial charge in [-0.1, -0.05) is 51.1 Å². The van der Waals surface area contributed by atoms with E-state index in [9.17, 15) is 0 Å². The average Bonchev–Trinajstić information content (AvgIpc) is 2.25. The Morgan fingerprint density at radius 2 is 1.69 bits per heavy atom. The standard InChI is InChI=1S/C13H19N3/c1-13(2,3)12(14)16-11(15-4)10-8-6-5-7-9-10/h5-9H,1-4H3,(H2,14,15,16). The molecule has 0 aliphatic carbocycles. The maximum absolute atomic E-state index is 5.93. The molecule has 0 bridgehead atoms. The number of amidine groups is 2. The summed E-state index contributed by atoms with van der Waals surface area (Å²) in [5, 5.41) is 0. The lowest BCUT2D eigenvalue weighted by molar-refractivity contribution is 0.586. The normalized spacial score (nSPS) is 14.0. The molecule has 0 amide bonds. The van der Waals surface area contributed by atoms with Crippen molar-refractivity contribution in [1.82, 2.24) is 0 Å². The van der Waals surface area contributed by atoms with Gasteiger partial charge >= 0.3 is 0 Å². The van der Waals surface area contributed by atoms with Crippen LogP contribution in [-0.4, -0.2) is 18.7 Å². The number of nitrogens with zero attached hydrogens (tertiary/aromatic N) is 2. The van der Waals surface area contributed by atoms with E-state index < -0.39 is 0 Å². The van der Waals surface area contributed by atoms with Crippen molar-refractivity contribution in [3.05, 3.63) is 35.9 Å². The van der Waals surface area contributed by atoms with Crippen molar-refractivity contribution in [2.24, 2.45) is 21.1 Å². The van der Waals surface area contributed by atoms with E-state index in [2.05, 4.69) is 9.98 Å². The summed E-state index contributed by atoms with van der Waals surface area (Å²) in [7, 11) is 1.72. The van der Waals surface area contributed by atoms with Gasteiger partial charge in [0.05, 0.1) is 0 Å². The van der Waals surface area contributed by atoms with Crippen LogP contribution in [-0.2, 0) is 0 Å². The van der Waals surface area contributed by atoms with Crippen molar-refractivity contribution in [3.63, 3.8) is 0 Å². The fraction of sp³-hybridized carbons (Fsp3) is 0.385. The first-order valence-corrected chi connectivity index (χ1v) is 5.32. The van der Waals surface area contributed by atoms with Crippen LogP contribution in [0.5, 0.6) is 0 Å². The lowest BCUT2D eigenvalue weighted by atomic mass is 9.95. The van der Waals surface area contributed by atoms with Crippen molar-refractivity contribution >= 4 is 11.7 Å². The van der Waals surface area contributed by atoms with E-state index in [-0.39, 0.29) is 5.41 Å². The quantitative estimate of drug-likeness (QED) is 0.570. The molecule has 0 atom stereocenters. The SMILES string of the molecule is CN=C(N=C(N)C(C)(C)C)c1ccccc1. The van der Waals surface area contributed by atoms with E-state index in [0.717, 1.165) is 5.56 Å². The van der Waals surface area contributed by atoms with Gasteiger partial charge in [0.15, 0.2) is 5.84 Å². The van der Waals surface area contributed by atoms with Crippen LogP contribution in [0, 0.1) is 5.41 Å². The third-order valence-electron chi connectivity index (χ3n) is 2.24. The molecule has 1 aromatic carbocycles. The first-order valence-electron chi connectivity index (χ1n) is 5.32. The summed E-state index contributed by atoms with van der Waals surface area (Å²) in [5.41, 5.74) is 6.78. The van der Waals surface area contributed by atoms with Crippen molar-refractivity contribution in [3.8, 4) is 0 Å². The van der Waals surface area contributed by atoms with E-state index in [1.165, 1.54) is 0 Å². The molecule has 0 spiro atoms. The van der Waals surface area contributed by atoms with E-state index in [0.29, 0.717) is 11.7 Å². The number of hydrogen-bond acceptors (Lipinski definition) is 1. The summed E-state index contributed by atoms with van der Waals surface area (Å²) in [4.78, 5) is 8.54. The molecule has 16 heavy (non-hydrogen) atoms. The lowest BCUT2D eigenvalue weighted by Crippen LogP contribution is -2.30. The molecule has 0 aliphatic rings. The van der Waals surface area contributed by atoms with Crippen LogP contribution in [0.3, 0.4) is 0 Å². The van der Waals surface area contributed by atoms with Crippen LogP contribution in [0.25, 0.3) is 0 Å². The van der Waals surface area contributed by atoms with Crippen LogP contribution in [0.2, 0.25) is 0 Å². The smallest absolute Gasteiger partial charge is 0.156 e. The van der Waals surface area contributed by atoms with Gasteiger partial charge in [-0.3, -0.25) is 4.99 Å². The summed E-state index contributed by atoms with van der Waals surface area (Å²) in [6.07, 6.45) is 0. The van der Waals surface area contributed by atoms with E-state index in [1.807, 2.05) is 51.1 Å². The van der Waals surface area contributed by atoms with Gasteiger partial charge in [-0.2, -0.15) is 0 Å². The second-order valence-corrected chi connectivity index (χ2v) is 4.66. The number of nitrogens with two attached hydrogens (primary N) is 1. The minimum absolute atomic E-state index is 0.134. The van der Waals surface area contributed by atoms with E-state index >= 15 is 0 Å². The molecule has 1 aromatic rings. The highest BCUT2D eigenvalue weighted by Gasteiger charge is 2.16. The van der Waals surface area contributed by atoms with Gasteiger partial charge in [0.1, 0.15) is 5.84 Å². The summed E-state index contributed by atoms with van der Waals surface area (Å²) >= 11 is 0. The maximum Gasteiger partial charge on any atom is 0.156 e. The largest absolute Gasteiger partial charge is 0.387 e. The Labute approximate surface area is 97.1 Å². The average molecular weight is 217 g/mol. The molecule has 0 saturated heterocycles. The van der Waals surface area contributed by atoms with Crippen LogP contribution in [0.1, 0.15) is 26.3 Å². The number of rotatable bonds is 1. The lowest BCUT2D eigenvalue weighted by Gasteiger charge is -2.17. The minimum atomic E-state index is -0.134. The summed E-state index contributed by atoms with van der Waals surface area (Å²) in [6.45, 7) is 6.10. The van der Waals surface area contributed by atoms with Gasteiger partial charge in [-0.05, 0) is 0 Å². The van der Waals surface area contributed by atoms with Gasteiger partial charge in [0, 0.05) is 18.0 Å². The predicted molar refractivity (Wildman–Crippen MR) is 70.0 cm³/mol. The van der Waals surface area contributed by atoms with Gasteiger partial charge in [0.2, 0.25) is 0 Å². The van der Waals surface area contributed by atoms with E-state index in [4.69, 9.17) is 5.73 Å². The number of hydrogen-bond donors (Lipinski definition) is 1. The molecule has 0 radical (unpaired) electrons. The highest BCUT2D eigenvalue weighted by atomic mass is 15.0. The van der Waals surface area contributed by atoms with Crippen molar-refractivity contribution in [1.29, 1.82) is 0 Å². The fourth-order valence-corrected chi connectivity index (χ4v) is 1.11. The Bertz CT molecular complexity index is 397. The molecule has 2 N–H and O–H groups in total. The Kier molecular flexibility index (Phi) is 3.82. The molecule has 0 unspecified atom stereocenters. The number of aliphatic imine (C=N–C) groups is 2. The Hall–Kier alpha value is -1.64. The molecule has 1 rings (SSSR count). The highest BCUT2D eigenvalue weighted by molar-refractivity contribution is 6.07. The summed E-state index contributed by atoms with van der Waals surface area (Å²) in [6, 6.07) is 9.84. The Morgan fingerprint density at radius 1 is 1.12 bits per heavy atom. The first kappa shape index (κ1) is 12.4. The first-order chi connectivity index (χ1) is 7.45. The summed E-state index contributed by atoms with van der Waals surface area (Å²) in [5.74, 6) is 1.27. The molecule has 0 aliphatic heterocycles. The van der Waals surface area contributed by atoms with E-state index in [1.54, 1.807) is 7.05 Å². The maximum atomic E-state index is 5.93. The minimum Gasteiger partial charge on any atom is -0.387 e. The zero-order valence-electron chi connectivity index (χ0n) is 10.4. The topological polar surface area (TPSA) is 50.7 Å². The third-order valence-corrected chi connectivity index (χ3v) is 2.24. The molecular formula is C13H19N3. The molecule has 86 valence electrons. The van der Waals surface area contributed by atoms with Crippen LogP contribution >= 0.6 is 0 Å². The van der Waals surface area contributed by atoms with Gasteiger partial charge in [0.25, 0.3) is 0 Å². The van der Waals surface area contributed by atoms with Crippen LogP contribution < -0.4 is 5.73 Å². The number of benzene rings is 1. The fourth-order valence-electron chi connectivity index (χ4n) is 1.11. The molecule has 0 aromatic heterocycles. The van der Waals surface area contributed by atoms with Crippen LogP contribution in [0.4, 0.5) is 0 Å². The Balaban J connectivity index is 3.04. The molecule has 3 heteroatoms. The third kappa shape index (κ3) is 3.19. The second kappa shape index (κ2) is 4.92. The summed E-state index contributed by atoms with van der Waals surface area (Å²) < 4.78 is 0. The van der Waals surface area contributed by atoms with Crippen molar-refractivity contribution < 1.29 is 0 Å². The van der Waals surface area contributed by atoms with Gasteiger partial charge in [-0.25, -0.2) is 4.99 Å². The zero-order chi connectivity index (χ0) is 12.2.